The van der Waals surface area contributed by atoms with Crippen LogP contribution in [-0.4, -0.2) is 23.6 Å². The topological polar surface area (TPSA) is 88.2 Å². The van der Waals surface area contributed by atoms with Crippen LogP contribution in [0.3, 0.4) is 0 Å². The second kappa shape index (κ2) is 5.47. The highest BCUT2D eigenvalue weighted by atomic mass is 16.6. The average molecular weight is 247 g/mol. The molecule has 2 rings (SSSR count). The summed E-state index contributed by atoms with van der Waals surface area (Å²) >= 11 is 0. The summed E-state index contributed by atoms with van der Waals surface area (Å²) in [4.78, 5) is 10.0. The number of nitriles is 1. The monoisotopic (exact) mass is 247 g/mol. The molecule has 1 N–H and O–H groups in total. The predicted octanol–water partition coefficient (Wildman–Crippen LogP) is 1.62. The van der Waals surface area contributed by atoms with E-state index in [9.17, 15) is 10.1 Å². The first-order chi connectivity index (χ1) is 8.69. The zero-order valence-electron chi connectivity index (χ0n) is 9.70. The lowest BCUT2D eigenvalue weighted by Gasteiger charge is -2.12. The standard InChI is InChI=1S/C12H13N3O3/c13-7-10(14-9-1-2-9)8-18-12-5-3-11(4-6-12)15(16)17/h3-6,9-10,14H,1-2,8H2. The molecule has 6 heteroatoms. The molecule has 1 unspecified atom stereocenters. The van der Waals surface area contributed by atoms with E-state index in [1.54, 1.807) is 0 Å². The van der Waals surface area contributed by atoms with Crippen LogP contribution in [0.15, 0.2) is 24.3 Å². The Kier molecular flexibility index (Phi) is 3.75. The van der Waals surface area contributed by atoms with Gasteiger partial charge in [0.1, 0.15) is 18.4 Å². The second-order valence-electron chi connectivity index (χ2n) is 4.18. The lowest BCUT2D eigenvalue weighted by molar-refractivity contribution is -0.384. The molecule has 6 nitrogen and oxygen atoms in total. The van der Waals surface area contributed by atoms with E-state index in [0.29, 0.717) is 11.8 Å². The summed E-state index contributed by atoms with van der Waals surface area (Å²) in [6.07, 6.45) is 2.21. The zero-order valence-corrected chi connectivity index (χ0v) is 9.70. The van der Waals surface area contributed by atoms with Crippen molar-refractivity contribution in [3.8, 4) is 11.8 Å². The van der Waals surface area contributed by atoms with Gasteiger partial charge in [-0.05, 0) is 25.0 Å². The van der Waals surface area contributed by atoms with E-state index in [1.807, 2.05) is 0 Å². The summed E-state index contributed by atoms with van der Waals surface area (Å²) in [5.74, 6) is 0.526. The maximum Gasteiger partial charge on any atom is 0.269 e. The summed E-state index contributed by atoms with van der Waals surface area (Å²) in [7, 11) is 0. The first-order valence-electron chi connectivity index (χ1n) is 5.72. The van der Waals surface area contributed by atoms with Crippen molar-refractivity contribution in [2.45, 2.75) is 24.9 Å². The predicted molar refractivity (Wildman–Crippen MR) is 64.2 cm³/mol. The van der Waals surface area contributed by atoms with Gasteiger partial charge in [0.2, 0.25) is 0 Å². The Morgan fingerprint density at radius 1 is 1.50 bits per heavy atom. The molecule has 0 spiro atoms. The molecule has 1 fully saturated rings. The van der Waals surface area contributed by atoms with Crippen LogP contribution in [0.5, 0.6) is 5.75 Å². The smallest absolute Gasteiger partial charge is 0.269 e. The third kappa shape index (κ3) is 3.43. The fourth-order valence-corrected chi connectivity index (χ4v) is 1.50. The van der Waals surface area contributed by atoms with Gasteiger partial charge >= 0.3 is 0 Å². The first kappa shape index (κ1) is 12.3. The van der Waals surface area contributed by atoms with Crippen molar-refractivity contribution in [1.29, 1.82) is 5.26 Å². The molecule has 0 radical (unpaired) electrons. The molecule has 1 atom stereocenters. The fourth-order valence-electron chi connectivity index (χ4n) is 1.50. The number of nitro benzene ring substituents is 1. The van der Waals surface area contributed by atoms with Crippen LogP contribution in [0.4, 0.5) is 5.69 Å². The number of nitrogens with one attached hydrogen (secondary N) is 1. The first-order valence-corrected chi connectivity index (χ1v) is 5.72. The summed E-state index contributed by atoms with van der Waals surface area (Å²) < 4.78 is 5.41. The number of non-ortho nitro benzene ring substituents is 1. The summed E-state index contributed by atoms with van der Waals surface area (Å²) in [5.41, 5.74) is 0.0234. The van der Waals surface area contributed by atoms with Crippen molar-refractivity contribution in [3.63, 3.8) is 0 Å². The largest absolute Gasteiger partial charge is 0.491 e. The van der Waals surface area contributed by atoms with Crippen molar-refractivity contribution in [1.82, 2.24) is 5.32 Å². The Hall–Kier alpha value is -2.13. The fraction of sp³-hybridized carbons (Fsp3) is 0.417. The number of hydrogen-bond acceptors (Lipinski definition) is 5. The van der Waals surface area contributed by atoms with Gasteiger partial charge in [-0.15, -0.1) is 0 Å². The third-order valence-electron chi connectivity index (χ3n) is 2.63. The van der Waals surface area contributed by atoms with Gasteiger partial charge in [0, 0.05) is 18.2 Å². The van der Waals surface area contributed by atoms with E-state index in [2.05, 4.69) is 11.4 Å². The Balaban J connectivity index is 1.84. The molecule has 0 heterocycles. The highest BCUT2D eigenvalue weighted by Crippen LogP contribution is 2.20. The molecule has 0 saturated heterocycles. The molecule has 1 aliphatic carbocycles. The van der Waals surface area contributed by atoms with E-state index in [-0.39, 0.29) is 18.3 Å². The van der Waals surface area contributed by atoms with Crippen LogP contribution >= 0.6 is 0 Å². The van der Waals surface area contributed by atoms with Gasteiger partial charge in [0.05, 0.1) is 11.0 Å². The molecule has 1 aromatic rings. The van der Waals surface area contributed by atoms with Gasteiger partial charge in [-0.2, -0.15) is 5.26 Å². The Labute approximate surface area is 104 Å². The van der Waals surface area contributed by atoms with E-state index >= 15 is 0 Å². The lowest BCUT2D eigenvalue weighted by Crippen LogP contribution is -2.34. The van der Waals surface area contributed by atoms with Crippen molar-refractivity contribution >= 4 is 5.69 Å². The summed E-state index contributed by atoms with van der Waals surface area (Å²) in [6, 6.07) is 8.05. The maximum absolute atomic E-state index is 10.5. The third-order valence-corrected chi connectivity index (χ3v) is 2.63. The van der Waals surface area contributed by atoms with Crippen molar-refractivity contribution in [2.24, 2.45) is 0 Å². The summed E-state index contributed by atoms with van der Waals surface area (Å²) in [6.45, 7) is 0.241. The average Bonchev–Trinajstić information content (AvgIpc) is 3.18. The van der Waals surface area contributed by atoms with Crippen LogP contribution in [0.1, 0.15) is 12.8 Å². The van der Waals surface area contributed by atoms with Crippen LogP contribution in [-0.2, 0) is 0 Å². The van der Waals surface area contributed by atoms with Crippen molar-refractivity contribution in [3.05, 3.63) is 34.4 Å². The molecule has 0 amide bonds. The maximum atomic E-state index is 10.5. The minimum Gasteiger partial charge on any atom is -0.491 e. The molecule has 0 aliphatic heterocycles. The highest BCUT2D eigenvalue weighted by Gasteiger charge is 2.24. The van der Waals surface area contributed by atoms with Gasteiger partial charge in [-0.25, -0.2) is 0 Å². The molecule has 1 saturated carbocycles. The Bertz CT molecular complexity index is 462. The molecular weight excluding hydrogens is 234 g/mol. The normalized spacial score (nSPS) is 15.7. The Morgan fingerprint density at radius 3 is 2.67 bits per heavy atom. The molecular formula is C12H13N3O3. The number of rotatable bonds is 6. The van der Waals surface area contributed by atoms with Crippen LogP contribution < -0.4 is 10.1 Å². The number of nitro groups is 1. The minimum absolute atomic E-state index is 0.0234. The molecule has 0 bridgehead atoms. The van der Waals surface area contributed by atoms with E-state index in [0.717, 1.165) is 12.8 Å². The van der Waals surface area contributed by atoms with Crippen LogP contribution in [0.2, 0.25) is 0 Å². The quantitative estimate of drug-likeness (QED) is 0.609. The van der Waals surface area contributed by atoms with Gasteiger partial charge in [0.25, 0.3) is 5.69 Å². The van der Waals surface area contributed by atoms with Crippen LogP contribution in [0.25, 0.3) is 0 Å². The van der Waals surface area contributed by atoms with Crippen molar-refractivity contribution < 1.29 is 9.66 Å². The molecule has 94 valence electrons. The molecule has 1 aromatic carbocycles. The second-order valence-corrected chi connectivity index (χ2v) is 4.18. The van der Waals surface area contributed by atoms with Gasteiger partial charge < -0.3 is 4.74 Å². The number of benzene rings is 1. The molecule has 18 heavy (non-hydrogen) atoms. The van der Waals surface area contributed by atoms with E-state index < -0.39 is 4.92 Å². The zero-order chi connectivity index (χ0) is 13.0. The van der Waals surface area contributed by atoms with Gasteiger partial charge in [0.15, 0.2) is 0 Å². The molecule has 1 aliphatic rings. The van der Waals surface area contributed by atoms with E-state index in [4.69, 9.17) is 10.00 Å². The van der Waals surface area contributed by atoms with Crippen molar-refractivity contribution in [2.75, 3.05) is 6.61 Å². The number of hydrogen-bond donors (Lipinski definition) is 1. The molecule has 0 aromatic heterocycles. The summed E-state index contributed by atoms with van der Waals surface area (Å²) in [5, 5.41) is 22.5. The van der Waals surface area contributed by atoms with Gasteiger partial charge in [-0.3, -0.25) is 15.4 Å². The highest BCUT2D eigenvalue weighted by molar-refractivity contribution is 5.36. The van der Waals surface area contributed by atoms with Crippen LogP contribution in [0, 0.1) is 21.4 Å². The lowest BCUT2D eigenvalue weighted by atomic mass is 10.3. The number of nitrogens with zero attached hydrogens (tertiary/aromatic N) is 2. The van der Waals surface area contributed by atoms with E-state index in [1.165, 1.54) is 24.3 Å². The Morgan fingerprint density at radius 2 is 2.17 bits per heavy atom. The SMILES string of the molecule is N#CC(COc1ccc([N+](=O)[O-])cc1)NC1CC1. The number of ether oxygens (including phenoxy) is 1. The van der Waals surface area contributed by atoms with Gasteiger partial charge in [-0.1, -0.05) is 0 Å². The minimum atomic E-state index is -0.462.